The molecule has 0 amide bonds. The van der Waals surface area contributed by atoms with Crippen LogP contribution in [-0.2, 0) is 0 Å². The fourth-order valence-corrected chi connectivity index (χ4v) is 5.92. The highest BCUT2D eigenvalue weighted by molar-refractivity contribution is 6.06. The maximum absolute atomic E-state index is 9.57. The Labute approximate surface area is 312 Å². The molecule has 54 heavy (non-hydrogen) atoms. The molecule has 1 heterocycles. The number of para-hydroxylation sites is 2. The summed E-state index contributed by atoms with van der Waals surface area (Å²) < 4.78 is 0. The Balaban J connectivity index is 1.52. The van der Waals surface area contributed by atoms with Crippen molar-refractivity contribution in [1.82, 2.24) is 0 Å². The minimum Gasteiger partial charge on any atom is -0.353 e. The maximum atomic E-state index is 9.57. The average molecular weight is 693 g/mol. The summed E-state index contributed by atoms with van der Waals surface area (Å²) >= 11 is 0. The van der Waals surface area contributed by atoms with Gasteiger partial charge in [-0.25, -0.2) is 0 Å². The van der Waals surface area contributed by atoms with Crippen LogP contribution in [0.1, 0.15) is 55.6 Å². The van der Waals surface area contributed by atoms with Crippen LogP contribution in [0.4, 0.5) is 11.4 Å². The molecule has 6 aromatic rings. The van der Waals surface area contributed by atoms with E-state index >= 15 is 0 Å². The molecule has 8 heteroatoms. The number of nitrogens with zero attached hydrogens (tertiary/aromatic N) is 6. The molecule has 252 valence electrons. The first-order valence-electron chi connectivity index (χ1n) is 16.9. The molecule has 0 saturated carbocycles. The zero-order valence-electron chi connectivity index (χ0n) is 28.7. The maximum Gasteiger partial charge on any atom is 0.0991 e. The summed E-state index contributed by atoms with van der Waals surface area (Å²) in [4.78, 5) is 10.3. The molecule has 0 radical (unpaired) electrons. The molecule has 0 aromatic heterocycles. The van der Waals surface area contributed by atoms with Gasteiger partial charge in [0.05, 0.1) is 69.3 Å². The topological polar surface area (TPSA) is 144 Å². The number of anilines is 2. The van der Waals surface area contributed by atoms with E-state index < -0.39 is 0 Å². The Morgan fingerprint density at radius 1 is 0.352 bits per heavy atom. The van der Waals surface area contributed by atoms with Gasteiger partial charge >= 0.3 is 0 Å². The summed E-state index contributed by atoms with van der Waals surface area (Å²) in [5.41, 5.74) is 10.8. The van der Waals surface area contributed by atoms with Gasteiger partial charge in [-0.05, 0) is 60.7 Å². The standard InChI is InChI=1S/C46H28N8/c47-25-31-9-17-35(18-10-31)43-46(38-23-15-34(28-50)16-24-38)54-42-8-4-2-6-40(42)30-52-44(36-19-11-32(26-48)12-20-36)45(37-21-13-33(27-49)14-22-37)53-41-7-3-1-5-39(41)29-51-43/h1-24,29-30,53-54H/b45-44-,46-43-,51-29?,52-30?. The van der Waals surface area contributed by atoms with Crippen molar-refractivity contribution < 1.29 is 0 Å². The zero-order chi connectivity index (χ0) is 37.3. The Kier molecular flexibility index (Phi) is 9.94. The molecule has 0 spiro atoms. The van der Waals surface area contributed by atoms with Crippen LogP contribution in [0, 0.1) is 45.3 Å². The Bertz CT molecular complexity index is 2470. The number of nitriles is 4. The van der Waals surface area contributed by atoms with E-state index in [1.165, 1.54) is 0 Å². The monoisotopic (exact) mass is 692 g/mol. The number of rotatable bonds is 4. The van der Waals surface area contributed by atoms with E-state index in [0.29, 0.717) is 45.0 Å². The highest BCUT2D eigenvalue weighted by atomic mass is 15.0. The molecule has 0 fully saturated rings. The zero-order valence-corrected chi connectivity index (χ0v) is 28.7. The first kappa shape index (κ1) is 34.2. The second kappa shape index (κ2) is 15.7. The van der Waals surface area contributed by atoms with Crippen molar-refractivity contribution in [2.75, 3.05) is 10.6 Å². The summed E-state index contributed by atoms with van der Waals surface area (Å²) in [5.74, 6) is 0. The third-order valence-corrected chi connectivity index (χ3v) is 8.76. The Morgan fingerprint density at radius 2 is 0.648 bits per heavy atom. The quantitative estimate of drug-likeness (QED) is 0.188. The molecule has 0 saturated heterocycles. The van der Waals surface area contributed by atoms with Gasteiger partial charge in [0.15, 0.2) is 0 Å². The highest BCUT2D eigenvalue weighted by Crippen LogP contribution is 2.34. The van der Waals surface area contributed by atoms with Crippen molar-refractivity contribution in [3.8, 4) is 24.3 Å². The molecule has 1 aliphatic heterocycles. The van der Waals surface area contributed by atoms with Gasteiger partial charge in [0.2, 0.25) is 0 Å². The Hall–Kier alpha value is -8.30. The molecular formula is C46H28N8. The van der Waals surface area contributed by atoms with Crippen LogP contribution in [0.2, 0.25) is 0 Å². The number of hydrogen-bond acceptors (Lipinski definition) is 8. The van der Waals surface area contributed by atoms with Crippen molar-refractivity contribution in [2.45, 2.75) is 0 Å². The van der Waals surface area contributed by atoms with Gasteiger partial charge in [-0.1, -0.05) is 84.9 Å². The molecule has 0 aliphatic carbocycles. The molecule has 7 rings (SSSR count). The van der Waals surface area contributed by atoms with Crippen molar-refractivity contribution in [2.24, 2.45) is 9.98 Å². The van der Waals surface area contributed by atoms with Crippen molar-refractivity contribution in [3.63, 3.8) is 0 Å². The van der Waals surface area contributed by atoms with Gasteiger partial charge in [-0.3, -0.25) is 9.98 Å². The molecule has 0 unspecified atom stereocenters. The van der Waals surface area contributed by atoms with Gasteiger partial charge in [0.1, 0.15) is 0 Å². The fraction of sp³-hybridized carbons (Fsp3) is 0. The summed E-state index contributed by atoms with van der Waals surface area (Å²) in [6, 6.07) is 53.4. The number of fused-ring (bicyclic) bond motifs is 2. The van der Waals surface area contributed by atoms with Crippen LogP contribution in [0.15, 0.2) is 156 Å². The summed E-state index contributed by atoms with van der Waals surface area (Å²) in [5, 5.41) is 45.6. The lowest BCUT2D eigenvalue weighted by Crippen LogP contribution is -2.07. The predicted molar refractivity (Wildman–Crippen MR) is 214 cm³/mol. The van der Waals surface area contributed by atoms with Gasteiger partial charge in [-0.2, -0.15) is 21.0 Å². The number of benzene rings is 6. The predicted octanol–water partition coefficient (Wildman–Crippen LogP) is 9.60. The van der Waals surface area contributed by atoms with E-state index in [0.717, 1.165) is 44.8 Å². The van der Waals surface area contributed by atoms with Crippen LogP contribution in [-0.4, -0.2) is 12.4 Å². The number of aliphatic imine (C=N–C) groups is 2. The van der Waals surface area contributed by atoms with Crippen molar-refractivity contribution in [1.29, 1.82) is 21.0 Å². The van der Waals surface area contributed by atoms with Gasteiger partial charge in [-0.15, -0.1) is 0 Å². The molecular weight excluding hydrogens is 665 g/mol. The minimum absolute atomic E-state index is 0.522. The lowest BCUT2D eigenvalue weighted by atomic mass is 10.0. The van der Waals surface area contributed by atoms with Gasteiger partial charge in [0.25, 0.3) is 0 Å². The molecule has 0 atom stereocenters. The van der Waals surface area contributed by atoms with Crippen LogP contribution >= 0.6 is 0 Å². The van der Waals surface area contributed by atoms with Crippen molar-refractivity contribution >= 4 is 46.6 Å². The molecule has 0 bridgehead atoms. The van der Waals surface area contributed by atoms with Crippen LogP contribution in [0.25, 0.3) is 22.8 Å². The van der Waals surface area contributed by atoms with E-state index in [-0.39, 0.29) is 0 Å². The second-order valence-electron chi connectivity index (χ2n) is 12.1. The van der Waals surface area contributed by atoms with Gasteiger partial charge < -0.3 is 10.6 Å². The van der Waals surface area contributed by atoms with Crippen LogP contribution in [0.5, 0.6) is 0 Å². The van der Waals surface area contributed by atoms with E-state index in [2.05, 4.69) is 34.9 Å². The van der Waals surface area contributed by atoms with E-state index in [9.17, 15) is 21.0 Å². The fourth-order valence-electron chi connectivity index (χ4n) is 5.92. The summed E-state index contributed by atoms with van der Waals surface area (Å²) in [7, 11) is 0. The van der Waals surface area contributed by atoms with E-state index in [1.807, 2.05) is 97.1 Å². The lowest BCUT2D eigenvalue weighted by Gasteiger charge is -2.20. The number of nitrogens with one attached hydrogen (secondary N) is 2. The van der Waals surface area contributed by atoms with Gasteiger partial charge in [0, 0.05) is 57.2 Å². The minimum atomic E-state index is 0.522. The third kappa shape index (κ3) is 7.41. The SMILES string of the molecule is N#Cc1ccc(/C2=C(\c3ccc(C#N)cc3)Nc3ccccc3C=N/C(c3ccc(C#N)cc3)=C(/c3ccc(C#N)cc3)Nc3ccccc3C=N2)cc1. The first-order valence-corrected chi connectivity index (χ1v) is 16.9. The van der Waals surface area contributed by atoms with Crippen LogP contribution in [0.3, 0.4) is 0 Å². The second-order valence-corrected chi connectivity index (χ2v) is 12.1. The molecule has 1 aliphatic rings. The van der Waals surface area contributed by atoms with Crippen molar-refractivity contribution in [3.05, 3.63) is 201 Å². The smallest absolute Gasteiger partial charge is 0.0991 e. The van der Waals surface area contributed by atoms with Crippen LogP contribution < -0.4 is 10.6 Å². The highest BCUT2D eigenvalue weighted by Gasteiger charge is 2.18. The molecule has 2 N–H and O–H groups in total. The number of hydrogen-bond donors (Lipinski definition) is 2. The average Bonchev–Trinajstić information content (AvgIpc) is 3.24. The molecule has 6 aromatic carbocycles. The summed E-state index contributed by atoms with van der Waals surface area (Å²) in [6.45, 7) is 0. The van der Waals surface area contributed by atoms with E-state index in [1.54, 1.807) is 61.0 Å². The normalized spacial score (nSPS) is 15.0. The lowest BCUT2D eigenvalue weighted by molar-refractivity contribution is 1.42. The Morgan fingerprint density at radius 3 is 0.963 bits per heavy atom. The largest absolute Gasteiger partial charge is 0.353 e. The third-order valence-electron chi connectivity index (χ3n) is 8.76. The molecule has 8 nitrogen and oxygen atoms in total. The van der Waals surface area contributed by atoms with E-state index in [4.69, 9.17) is 9.98 Å². The summed E-state index contributed by atoms with van der Waals surface area (Å²) in [6.07, 6.45) is 3.58. The first-order chi connectivity index (χ1) is 26.6.